The second-order valence-corrected chi connectivity index (χ2v) is 5.42. The van der Waals surface area contributed by atoms with Crippen molar-refractivity contribution in [2.24, 2.45) is 5.73 Å². The highest BCUT2D eigenvalue weighted by Crippen LogP contribution is 2.27. The predicted molar refractivity (Wildman–Crippen MR) is 66.2 cm³/mol. The molecule has 0 aliphatic rings. The number of unbranched alkanes of at least 4 members (excludes halogenated alkanes) is 6. The van der Waals surface area contributed by atoms with Gasteiger partial charge >= 0.3 is 0 Å². The molecule has 0 aliphatic heterocycles. The fraction of sp³-hybridized carbons (Fsp3) is 0.909. The van der Waals surface area contributed by atoms with Gasteiger partial charge in [-0.3, -0.25) is 4.79 Å². The van der Waals surface area contributed by atoms with Gasteiger partial charge in [-0.2, -0.15) is 0 Å². The van der Waals surface area contributed by atoms with Crippen molar-refractivity contribution in [2.75, 3.05) is 0 Å². The van der Waals surface area contributed by atoms with E-state index in [1.165, 1.54) is 32.1 Å². The summed E-state index contributed by atoms with van der Waals surface area (Å²) in [5.74, 6) is -0.642. The van der Waals surface area contributed by atoms with Gasteiger partial charge in [0.05, 0.1) is 0 Å². The SMILES string of the molecule is CCCCCCCCCC(Cl)(Cl)C(N)=O. The van der Waals surface area contributed by atoms with Crippen LogP contribution in [0.2, 0.25) is 0 Å². The standard InChI is InChI=1S/C11H21Cl2NO/c1-2-3-4-5-6-7-8-9-11(12,13)10(14)15/h2-9H2,1H3,(H2,14,15). The zero-order valence-electron chi connectivity index (χ0n) is 9.40. The van der Waals surface area contributed by atoms with Gasteiger partial charge in [0, 0.05) is 0 Å². The number of amides is 1. The van der Waals surface area contributed by atoms with Crippen LogP contribution in [0.15, 0.2) is 0 Å². The molecule has 0 aromatic rings. The molecule has 0 bridgehead atoms. The third kappa shape index (κ3) is 7.92. The van der Waals surface area contributed by atoms with Gasteiger partial charge < -0.3 is 5.73 Å². The highest BCUT2D eigenvalue weighted by molar-refractivity contribution is 6.57. The number of rotatable bonds is 9. The van der Waals surface area contributed by atoms with Crippen molar-refractivity contribution in [3.8, 4) is 0 Å². The van der Waals surface area contributed by atoms with Crippen molar-refractivity contribution in [3.05, 3.63) is 0 Å². The molecular weight excluding hydrogens is 233 g/mol. The molecule has 0 heterocycles. The van der Waals surface area contributed by atoms with Gasteiger partial charge in [-0.1, -0.05) is 68.7 Å². The van der Waals surface area contributed by atoms with E-state index in [-0.39, 0.29) is 0 Å². The molecule has 1 amide bonds. The largest absolute Gasteiger partial charge is 0.367 e. The molecule has 0 radical (unpaired) electrons. The molecule has 4 heteroatoms. The van der Waals surface area contributed by atoms with E-state index in [0.29, 0.717) is 6.42 Å². The molecule has 0 aromatic heterocycles. The van der Waals surface area contributed by atoms with Crippen molar-refractivity contribution in [3.63, 3.8) is 0 Å². The molecule has 2 nitrogen and oxygen atoms in total. The molecule has 0 saturated carbocycles. The third-order valence-electron chi connectivity index (χ3n) is 2.45. The van der Waals surface area contributed by atoms with E-state index in [1.807, 2.05) is 0 Å². The van der Waals surface area contributed by atoms with E-state index in [9.17, 15) is 4.79 Å². The van der Waals surface area contributed by atoms with E-state index < -0.39 is 10.2 Å². The second-order valence-electron chi connectivity index (χ2n) is 3.94. The second kappa shape index (κ2) is 8.23. The van der Waals surface area contributed by atoms with E-state index in [0.717, 1.165) is 12.8 Å². The van der Waals surface area contributed by atoms with Crippen molar-refractivity contribution < 1.29 is 4.79 Å². The summed E-state index contributed by atoms with van der Waals surface area (Å²) < 4.78 is -1.37. The molecule has 0 rings (SSSR count). The minimum Gasteiger partial charge on any atom is -0.367 e. The number of primary amides is 1. The van der Waals surface area contributed by atoms with E-state index in [1.54, 1.807) is 0 Å². The molecule has 0 atom stereocenters. The Morgan fingerprint density at radius 1 is 1.07 bits per heavy atom. The van der Waals surface area contributed by atoms with Crippen molar-refractivity contribution in [1.82, 2.24) is 0 Å². The lowest BCUT2D eigenvalue weighted by atomic mass is 10.1. The predicted octanol–water partition coefficient (Wildman–Crippen LogP) is 3.79. The van der Waals surface area contributed by atoms with Gasteiger partial charge in [0.2, 0.25) is 0 Å². The van der Waals surface area contributed by atoms with Crippen LogP contribution in [-0.4, -0.2) is 10.2 Å². The van der Waals surface area contributed by atoms with Crippen molar-refractivity contribution in [1.29, 1.82) is 0 Å². The van der Waals surface area contributed by atoms with Gasteiger partial charge in [0.1, 0.15) is 0 Å². The first-order chi connectivity index (χ1) is 7.00. The van der Waals surface area contributed by atoms with Crippen LogP contribution in [0.5, 0.6) is 0 Å². The monoisotopic (exact) mass is 253 g/mol. The van der Waals surface area contributed by atoms with Crippen molar-refractivity contribution in [2.45, 2.75) is 62.6 Å². The number of hydrogen-bond acceptors (Lipinski definition) is 1. The lowest BCUT2D eigenvalue weighted by Crippen LogP contribution is -2.33. The summed E-state index contributed by atoms with van der Waals surface area (Å²) in [5, 5.41) is 0. The van der Waals surface area contributed by atoms with Crippen LogP contribution in [0.25, 0.3) is 0 Å². The Labute approximate surface area is 102 Å². The zero-order chi connectivity index (χ0) is 11.7. The normalized spacial score (nSPS) is 11.7. The van der Waals surface area contributed by atoms with Gasteiger partial charge in [0.15, 0.2) is 4.33 Å². The summed E-state index contributed by atoms with van der Waals surface area (Å²) in [7, 11) is 0. The Bertz CT molecular complexity index is 183. The maximum atomic E-state index is 10.8. The Kier molecular flexibility index (Phi) is 8.26. The lowest BCUT2D eigenvalue weighted by molar-refractivity contribution is -0.118. The van der Waals surface area contributed by atoms with Gasteiger partial charge in [-0.15, -0.1) is 0 Å². The first-order valence-corrected chi connectivity index (χ1v) is 6.44. The average Bonchev–Trinajstić information content (AvgIpc) is 2.16. The Morgan fingerprint density at radius 2 is 1.53 bits per heavy atom. The summed E-state index contributed by atoms with van der Waals surface area (Å²) in [6.45, 7) is 2.20. The summed E-state index contributed by atoms with van der Waals surface area (Å²) in [5.41, 5.74) is 5.05. The minimum absolute atomic E-state index is 0.458. The van der Waals surface area contributed by atoms with Crippen LogP contribution in [-0.2, 0) is 4.79 Å². The van der Waals surface area contributed by atoms with Crippen LogP contribution in [0, 0.1) is 0 Å². The molecule has 0 aliphatic carbocycles. The van der Waals surface area contributed by atoms with Crippen LogP contribution in [0.1, 0.15) is 58.3 Å². The first-order valence-electron chi connectivity index (χ1n) is 5.68. The molecule has 15 heavy (non-hydrogen) atoms. The van der Waals surface area contributed by atoms with Crippen LogP contribution >= 0.6 is 23.2 Å². The van der Waals surface area contributed by atoms with Gasteiger partial charge in [-0.25, -0.2) is 0 Å². The first kappa shape index (κ1) is 15.0. The summed E-state index contributed by atoms with van der Waals surface area (Å²) in [6, 6.07) is 0. The highest BCUT2D eigenvalue weighted by Gasteiger charge is 2.30. The van der Waals surface area contributed by atoms with Crippen LogP contribution < -0.4 is 5.73 Å². The van der Waals surface area contributed by atoms with E-state index >= 15 is 0 Å². The maximum absolute atomic E-state index is 10.8. The zero-order valence-corrected chi connectivity index (χ0v) is 10.9. The fourth-order valence-corrected chi connectivity index (χ4v) is 1.69. The highest BCUT2D eigenvalue weighted by atomic mass is 35.5. The minimum atomic E-state index is -1.37. The van der Waals surface area contributed by atoms with Crippen LogP contribution in [0.4, 0.5) is 0 Å². The number of alkyl halides is 2. The van der Waals surface area contributed by atoms with E-state index in [2.05, 4.69) is 6.92 Å². The summed E-state index contributed by atoms with van der Waals surface area (Å²) >= 11 is 11.4. The molecule has 90 valence electrons. The number of carbonyl (C=O) groups excluding carboxylic acids is 1. The summed E-state index contributed by atoms with van der Waals surface area (Å²) in [4.78, 5) is 10.8. The number of carbonyl (C=O) groups is 1. The Balaban J connectivity index is 3.35. The molecular formula is C11H21Cl2NO. The molecule has 0 spiro atoms. The third-order valence-corrected chi connectivity index (χ3v) is 3.21. The number of halogens is 2. The lowest BCUT2D eigenvalue weighted by Gasteiger charge is -2.14. The Morgan fingerprint density at radius 3 is 2.00 bits per heavy atom. The van der Waals surface area contributed by atoms with Crippen molar-refractivity contribution >= 4 is 29.1 Å². The quantitative estimate of drug-likeness (QED) is 0.493. The molecule has 0 fully saturated rings. The maximum Gasteiger partial charge on any atom is 0.253 e. The van der Waals surface area contributed by atoms with Crippen LogP contribution in [0.3, 0.4) is 0 Å². The fourth-order valence-electron chi connectivity index (χ4n) is 1.43. The smallest absolute Gasteiger partial charge is 0.253 e. The number of hydrogen-bond donors (Lipinski definition) is 1. The topological polar surface area (TPSA) is 43.1 Å². The average molecular weight is 254 g/mol. The molecule has 0 unspecified atom stereocenters. The summed E-state index contributed by atoms with van der Waals surface area (Å²) in [6.07, 6.45) is 8.67. The van der Waals surface area contributed by atoms with Gasteiger partial charge in [-0.05, 0) is 12.8 Å². The molecule has 0 aromatic carbocycles. The number of nitrogens with two attached hydrogens (primary N) is 1. The van der Waals surface area contributed by atoms with Gasteiger partial charge in [0.25, 0.3) is 5.91 Å². The molecule has 0 saturated heterocycles. The van der Waals surface area contributed by atoms with E-state index in [4.69, 9.17) is 28.9 Å². The molecule has 2 N–H and O–H groups in total. The Hall–Kier alpha value is 0.0500.